The molecule has 11 heteroatoms. The second kappa shape index (κ2) is 8.00. The monoisotopic (exact) mass is 387 g/mol. The summed E-state index contributed by atoms with van der Waals surface area (Å²) in [5.41, 5.74) is 2.07. The van der Waals surface area contributed by atoms with E-state index in [0.29, 0.717) is 23.5 Å². The number of halogens is 4. The Morgan fingerprint density at radius 2 is 2.08 bits per heavy atom. The highest BCUT2D eigenvalue weighted by Crippen LogP contribution is 2.31. The number of carbonyl (C=O) groups is 2. The quantitative estimate of drug-likeness (QED) is 0.542. The van der Waals surface area contributed by atoms with E-state index >= 15 is 0 Å². The van der Waals surface area contributed by atoms with Crippen LogP contribution in [0.2, 0.25) is 5.02 Å². The average molecular weight is 388 g/mol. The van der Waals surface area contributed by atoms with E-state index in [0.717, 1.165) is 6.07 Å². The van der Waals surface area contributed by atoms with Crippen LogP contribution in [-0.2, 0) is 11.0 Å². The van der Waals surface area contributed by atoms with Gasteiger partial charge >= 0.3 is 6.18 Å². The molecule has 1 heterocycles. The van der Waals surface area contributed by atoms with Gasteiger partial charge in [0, 0.05) is 10.6 Å². The Hall–Kier alpha value is -2.88. The van der Waals surface area contributed by atoms with Crippen molar-refractivity contribution in [2.24, 2.45) is 5.10 Å². The third kappa shape index (κ3) is 5.31. The van der Waals surface area contributed by atoms with Crippen molar-refractivity contribution in [1.82, 2.24) is 20.7 Å². The van der Waals surface area contributed by atoms with Crippen molar-refractivity contribution >= 4 is 29.6 Å². The van der Waals surface area contributed by atoms with Gasteiger partial charge in [0.15, 0.2) is 0 Å². The third-order valence-electron chi connectivity index (χ3n) is 3.15. The number of amides is 2. The maximum Gasteiger partial charge on any atom is 0.416 e. The van der Waals surface area contributed by atoms with Gasteiger partial charge in [-0.15, -0.1) is 0 Å². The topological polar surface area (TPSA) is 99.2 Å². The number of aryl methyl sites for hydroxylation is 1. The minimum atomic E-state index is -4.64. The van der Waals surface area contributed by atoms with Crippen LogP contribution in [0.5, 0.6) is 0 Å². The van der Waals surface area contributed by atoms with E-state index in [2.05, 4.69) is 25.8 Å². The number of nitrogens with zero attached hydrogens (tertiary/aromatic N) is 2. The molecule has 26 heavy (non-hydrogen) atoms. The molecule has 2 amide bonds. The Bertz CT molecular complexity index is 848. The molecule has 0 radical (unpaired) electrons. The molecule has 0 saturated carbocycles. The van der Waals surface area contributed by atoms with Crippen molar-refractivity contribution in [3.8, 4) is 0 Å². The number of hydrazone groups is 1. The van der Waals surface area contributed by atoms with Crippen LogP contribution in [0, 0.1) is 6.92 Å². The zero-order valence-electron chi connectivity index (χ0n) is 13.3. The summed E-state index contributed by atoms with van der Waals surface area (Å²) in [4.78, 5) is 30.3. The highest BCUT2D eigenvalue weighted by Gasteiger charge is 2.31. The number of benzene rings is 1. The number of hydrogen-bond acceptors (Lipinski definition) is 4. The van der Waals surface area contributed by atoms with Crippen LogP contribution in [0.1, 0.15) is 27.3 Å². The molecule has 1 aromatic carbocycles. The minimum Gasteiger partial charge on any atom is -0.344 e. The number of carbonyl (C=O) groups excluding carboxylic acids is 2. The lowest BCUT2D eigenvalue weighted by Gasteiger charge is -2.10. The molecule has 0 saturated heterocycles. The van der Waals surface area contributed by atoms with Crippen molar-refractivity contribution in [3.63, 3.8) is 0 Å². The Kier molecular flexibility index (Phi) is 5.98. The average Bonchev–Trinajstić information content (AvgIpc) is 2.96. The predicted molar refractivity (Wildman–Crippen MR) is 87.8 cm³/mol. The van der Waals surface area contributed by atoms with Gasteiger partial charge in [-0.3, -0.25) is 9.59 Å². The molecule has 0 atom stereocenters. The Morgan fingerprint density at radius 3 is 2.69 bits per heavy atom. The molecule has 0 aliphatic carbocycles. The fraction of sp³-hybridized carbons (Fsp3) is 0.200. The molecule has 7 nitrogen and oxygen atoms in total. The van der Waals surface area contributed by atoms with Crippen molar-refractivity contribution < 1.29 is 22.8 Å². The number of alkyl halides is 3. The number of aromatic nitrogens is 2. The summed E-state index contributed by atoms with van der Waals surface area (Å²) in [5.74, 6) is -1.54. The summed E-state index contributed by atoms with van der Waals surface area (Å²) in [6, 6.07) is 2.43. The third-order valence-corrected chi connectivity index (χ3v) is 3.37. The van der Waals surface area contributed by atoms with E-state index in [-0.39, 0.29) is 10.6 Å². The molecular weight excluding hydrogens is 375 g/mol. The van der Waals surface area contributed by atoms with Gasteiger partial charge in [-0.25, -0.2) is 10.4 Å². The number of rotatable bonds is 5. The van der Waals surface area contributed by atoms with Crippen molar-refractivity contribution in [1.29, 1.82) is 0 Å². The van der Waals surface area contributed by atoms with Gasteiger partial charge < -0.3 is 10.3 Å². The summed E-state index contributed by atoms with van der Waals surface area (Å²) < 4.78 is 38.2. The molecule has 0 unspecified atom stereocenters. The molecule has 3 N–H and O–H groups in total. The van der Waals surface area contributed by atoms with Crippen LogP contribution in [0.25, 0.3) is 0 Å². The first-order chi connectivity index (χ1) is 12.2. The molecule has 0 spiro atoms. The van der Waals surface area contributed by atoms with Crippen LogP contribution < -0.4 is 10.7 Å². The SMILES string of the molecule is Cc1nc[nH]c1/C=N/NC(=O)CNC(=O)c1cc(Cl)cc(C(F)(F)F)c1. The summed E-state index contributed by atoms with van der Waals surface area (Å²) in [6.07, 6.45) is -1.86. The van der Waals surface area contributed by atoms with Gasteiger partial charge in [0.2, 0.25) is 0 Å². The molecule has 1 aromatic heterocycles. The first-order valence-electron chi connectivity index (χ1n) is 7.14. The first-order valence-corrected chi connectivity index (χ1v) is 7.52. The molecule has 0 aliphatic heterocycles. The van der Waals surface area contributed by atoms with E-state index in [4.69, 9.17) is 11.6 Å². The van der Waals surface area contributed by atoms with E-state index in [1.54, 1.807) is 6.92 Å². The van der Waals surface area contributed by atoms with Gasteiger partial charge in [0.25, 0.3) is 11.8 Å². The van der Waals surface area contributed by atoms with Gasteiger partial charge in [0.05, 0.1) is 36.0 Å². The van der Waals surface area contributed by atoms with Gasteiger partial charge in [-0.05, 0) is 25.1 Å². The minimum absolute atomic E-state index is 0.242. The van der Waals surface area contributed by atoms with Crippen LogP contribution in [0.4, 0.5) is 13.2 Å². The summed E-state index contributed by atoms with van der Waals surface area (Å²) >= 11 is 5.61. The Labute approximate surface area is 150 Å². The molecule has 0 fully saturated rings. The standard InChI is InChI=1S/C15H13ClF3N5O2/c1-8-12(22-7-21-8)5-23-24-13(25)6-20-14(26)9-2-10(15(17,18)19)4-11(16)3-9/h2-5,7H,6H2,1H3,(H,20,26)(H,21,22)(H,24,25)/b23-5+. The highest BCUT2D eigenvalue weighted by atomic mass is 35.5. The first kappa shape index (κ1) is 19.4. The van der Waals surface area contributed by atoms with E-state index in [1.165, 1.54) is 12.5 Å². The van der Waals surface area contributed by atoms with Crippen LogP contribution in [-0.4, -0.2) is 34.5 Å². The molecule has 138 valence electrons. The summed E-state index contributed by atoms with van der Waals surface area (Å²) in [7, 11) is 0. The second-order valence-corrected chi connectivity index (χ2v) is 5.54. The molecule has 2 aromatic rings. The summed E-state index contributed by atoms with van der Waals surface area (Å²) in [6.45, 7) is 1.26. The summed E-state index contributed by atoms with van der Waals surface area (Å²) in [5, 5.41) is 5.62. The number of H-pyrrole nitrogens is 1. The zero-order valence-corrected chi connectivity index (χ0v) is 14.1. The highest BCUT2D eigenvalue weighted by molar-refractivity contribution is 6.31. The lowest BCUT2D eigenvalue weighted by molar-refractivity contribution is -0.137. The molecule has 2 rings (SSSR count). The van der Waals surface area contributed by atoms with Gasteiger partial charge in [-0.2, -0.15) is 18.3 Å². The fourth-order valence-electron chi connectivity index (χ4n) is 1.86. The Balaban J connectivity index is 1.92. The van der Waals surface area contributed by atoms with Crippen LogP contribution >= 0.6 is 11.6 Å². The predicted octanol–water partition coefficient (Wildman–Crippen LogP) is 2.27. The van der Waals surface area contributed by atoms with Crippen LogP contribution in [0.3, 0.4) is 0 Å². The Morgan fingerprint density at radius 1 is 1.35 bits per heavy atom. The second-order valence-electron chi connectivity index (χ2n) is 5.10. The smallest absolute Gasteiger partial charge is 0.344 e. The normalized spacial score (nSPS) is 11.6. The van der Waals surface area contributed by atoms with Gasteiger partial charge in [0.1, 0.15) is 0 Å². The van der Waals surface area contributed by atoms with Crippen molar-refractivity contribution in [3.05, 3.63) is 52.1 Å². The van der Waals surface area contributed by atoms with Gasteiger partial charge in [-0.1, -0.05) is 11.6 Å². The fourth-order valence-corrected chi connectivity index (χ4v) is 2.09. The lowest BCUT2D eigenvalue weighted by atomic mass is 10.1. The largest absolute Gasteiger partial charge is 0.416 e. The maximum absolute atomic E-state index is 12.7. The van der Waals surface area contributed by atoms with Crippen molar-refractivity contribution in [2.45, 2.75) is 13.1 Å². The molecular formula is C15H13ClF3N5O2. The molecule has 0 bridgehead atoms. The van der Waals surface area contributed by atoms with E-state index < -0.39 is 30.1 Å². The number of nitrogens with one attached hydrogen (secondary N) is 3. The van der Waals surface area contributed by atoms with Crippen LogP contribution in [0.15, 0.2) is 29.6 Å². The lowest BCUT2D eigenvalue weighted by Crippen LogP contribution is -2.35. The molecule has 0 aliphatic rings. The number of imidazole rings is 1. The van der Waals surface area contributed by atoms with E-state index in [9.17, 15) is 22.8 Å². The van der Waals surface area contributed by atoms with Crippen molar-refractivity contribution in [2.75, 3.05) is 6.54 Å². The number of hydrogen-bond donors (Lipinski definition) is 3. The van der Waals surface area contributed by atoms with E-state index in [1.807, 2.05) is 0 Å². The zero-order chi connectivity index (χ0) is 19.3. The maximum atomic E-state index is 12.7. The number of aromatic amines is 1.